The molecule has 2 heterocycles. The first-order valence-corrected chi connectivity index (χ1v) is 7.90. The van der Waals surface area contributed by atoms with Gasteiger partial charge in [0.15, 0.2) is 0 Å². The Morgan fingerprint density at radius 3 is 2.65 bits per heavy atom. The van der Waals surface area contributed by atoms with Crippen molar-refractivity contribution in [2.45, 2.75) is 38.6 Å². The monoisotopic (exact) mass is 283 g/mol. The topological polar surface area (TPSA) is 58.8 Å². The van der Waals surface area contributed by atoms with Crippen LogP contribution in [0.5, 0.6) is 0 Å². The maximum atomic E-state index is 13.1. The van der Waals surface area contributed by atoms with Gasteiger partial charge in [-0.3, -0.25) is 4.79 Å². The Morgan fingerprint density at radius 1 is 1.35 bits per heavy atom. The summed E-state index contributed by atoms with van der Waals surface area (Å²) in [6, 6.07) is 0.321. The molecule has 2 aliphatic heterocycles. The van der Waals surface area contributed by atoms with Crippen LogP contribution in [0.25, 0.3) is 0 Å². The Bertz CT molecular complexity index is 329. The number of carbonyl (C=O) groups is 1. The van der Waals surface area contributed by atoms with Gasteiger partial charge in [-0.15, -0.1) is 0 Å². The lowest BCUT2D eigenvalue weighted by atomic mass is 9.78. The smallest absolute Gasteiger partial charge is 0.230 e. The number of amides is 1. The molecule has 5 nitrogen and oxygen atoms in total. The van der Waals surface area contributed by atoms with E-state index in [0.29, 0.717) is 25.8 Å². The van der Waals surface area contributed by atoms with E-state index < -0.39 is 0 Å². The number of likely N-dealkylation sites (N-methyl/N-ethyl adjacent to an activating group) is 1. The predicted octanol–water partition coefficient (Wildman–Crippen LogP) is 0.685. The molecule has 2 rings (SSSR count). The van der Waals surface area contributed by atoms with E-state index >= 15 is 0 Å². The van der Waals surface area contributed by atoms with Crippen molar-refractivity contribution in [3.8, 4) is 0 Å². The lowest BCUT2D eigenvalue weighted by Gasteiger charge is -2.41. The highest BCUT2D eigenvalue weighted by Gasteiger charge is 2.43. The van der Waals surface area contributed by atoms with E-state index in [9.17, 15) is 4.79 Å². The number of rotatable bonds is 3. The molecule has 2 N–H and O–H groups in total. The van der Waals surface area contributed by atoms with Crippen molar-refractivity contribution >= 4 is 5.91 Å². The van der Waals surface area contributed by atoms with Gasteiger partial charge < -0.3 is 20.3 Å². The number of nitrogens with zero attached hydrogens (tertiary/aromatic N) is 2. The largest absolute Gasteiger partial charge is 0.381 e. The number of hydrogen-bond donors (Lipinski definition) is 1. The first kappa shape index (κ1) is 15.7. The van der Waals surface area contributed by atoms with Gasteiger partial charge in [-0.25, -0.2) is 0 Å². The molecule has 1 unspecified atom stereocenters. The highest BCUT2D eigenvalue weighted by atomic mass is 16.5. The van der Waals surface area contributed by atoms with Crippen LogP contribution in [0, 0.1) is 5.41 Å². The van der Waals surface area contributed by atoms with Crippen LogP contribution in [0.2, 0.25) is 0 Å². The number of ether oxygens (including phenoxy) is 1. The maximum Gasteiger partial charge on any atom is 0.230 e. The quantitative estimate of drug-likeness (QED) is 0.828. The Hall–Kier alpha value is -0.650. The maximum absolute atomic E-state index is 13.1. The summed E-state index contributed by atoms with van der Waals surface area (Å²) in [7, 11) is 2.14. The standard InChI is InChI=1S/C15H29N3O2/c1-3-13-11-17(2)7-4-8-18(13)14(19)15(12-16)5-9-20-10-6-15/h13H,3-12,16H2,1-2H3. The molecule has 0 aromatic heterocycles. The molecule has 2 fully saturated rings. The molecule has 0 radical (unpaired) electrons. The van der Waals surface area contributed by atoms with Crippen molar-refractivity contribution < 1.29 is 9.53 Å². The van der Waals surface area contributed by atoms with Crippen LogP contribution in [0.4, 0.5) is 0 Å². The zero-order valence-electron chi connectivity index (χ0n) is 12.9. The summed E-state index contributed by atoms with van der Waals surface area (Å²) in [6.45, 7) is 6.84. The van der Waals surface area contributed by atoms with Crippen molar-refractivity contribution in [3.63, 3.8) is 0 Å². The third-order valence-electron chi connectivity index (χ3n) is 4.93. The van der Waals surface area contributed by atoms with Crippen LogP contribution in [0.1, 0.15) is 32.6 Å². The van der Waals surface area contributed by atoms with Crippen molar-refractivity contribution in [1.29, 1.82) is 0 Å². The van der Waals surface area contributed by atoms with Gasteiger partial charge in [-0.05, 0) is 39.3 Å². The minimum atomic E-state index is -0.380. The second-order valence-electron chi connectivity index (χ2n) is 6.27. The van der Waals surface area contributed by atoms with Crippen molar-refractivity contribution in [1.82, 2.24) is 9.80 Å². The number of carbonyl (C=O) groups excluding carboxylic acids is 1. The van der Waals surface area contributed by atoms with Crippen LogP contribution in [0.3, 0.4) is 0 Å². The zero-order chi connectivity index (χ0) is 14.6. The SMILES string of the molecule is CCC1CN(C)CCCN1C(=O)C1(CN)CCOCC1. The zero-order valence-corrected chi connectivity index (χ0v) is 12.9. The average molecular weight is 283 g/mol. The molecule has 20 heavy (non-hydrogen) atoms. The molecule has 0 bridgehead atoms. The third-order valence-corrected chi connectivity index (χ3v) is 4.93. The third kappa shape index (κ3) is 3.15. The fourth-order valence-electron chi connectivity index (χ4n) is 3.43. The highest BCUT2D eigenvalue weighted by molar-refractivity contribution is 5.83. The minimum absolute atomic E-state index is 0.269. The molecule has 2 aliphatic rings. The van der Waals surface area contributed by atoms with Gasteiger partial charge in [0.1, 0.15) is 0 Å². The van der Waals surface area contributed by atoms with Crippen molar-refractivity contribution in [2.75, 3.05) is 46.4 Å². The molecule has 0 aliphatic carbocycles. The van der Waals surface area contributed by atoms with E-state index in [1.54, 1.807) is 0 Å². The Morgan fingerprint density at radius 2 is 2.05 bits per heavy atom. The van der Waals surface area contributed by atoms with Gasteiger partial charge in [0.25, 0.3) is 0 Å². The summed E-state index contributed by atoms with van der Waals surface area (Å²) in [5.41, 5.74) is 5.61. The van der Waals surface area contributed by atoms with E-state index in [4.69, 9.17) is 10.5 Å². The van der Waals surface area contributed by atoms with E-state index in [1.807, 2.05) is 0 Å². The summed E-state index contributed by atoms with van der Waals surface area (Å²) in [5.74, 6) is 0.269. The predicted molar refractivity (Wildman–Crippen MR) is 79.4 cm³/mol. The minimum Gasteiger partial charge on any atom is -0.381 e. The van der Waals surface area contributed by atoms with Crippen LogP contribution in [0.15, 0.2) is 0 Å². The second kappa shape index (κ2) is 6.87. The summed E-state index contributed by atoms with van der Waals surface area (Å²) in [4.78, 5) is 17.6. The molecular weight excluding hydrogens is 254 g/mol. The molecule has 1 atom stereocenters. The van der Waals surface area contributed by atoms with Gasteiger partial charge in [-0.1, -0.05) is 6.92 Å². The van der Waals surface area contributed by atoms with E-state index in [2.05, 4.69) is 23.8 Å². The number of hydrogen-bond acceptors (Lipinski definition) is 4. The van der Waals surface area contributed by atoms with Gasteiger partial charge in [0.2, 0.25) is 5.91 Å². The van der Waals surface area contributed by atoms with Crippen LogP contribution in [-0.2, 0) is 9.53 Å². The summed E-state index contributed by atoms with van der Waals surface area (Å²) in [6.07, 6.45) is 3.60. The first-order valence-electron chi connectivity index (χ1n) is 7.90. The Labute approximate surface area is 122 Å². The molecule has 116 valence electrons. The van der Waals surface area contributed by atoms with Crippen molar-refractivity contribution in [2.24, 2.45) is 11.1 Å². The van der Waals surface area contributed by atoms with E-state index in [0.717, 1.165) is 45.3 Å². The van der Waals surface area contributed by atoms with Gasteiger partial charge in [0, 0.05) is 38.9 Å². The molecule has 0 aromatic carbocycles. The Balaban J connectivity index is 2.15. The summed E-state index contributed by atoms with van der Waals surface area (Å²) in [5, 5.41) is 0. The fraction of sp³-hybridized carbons (Fsp3) is 0.933. The van der Waals surface area contributed by atoms with Crippen LogP contribution >= 0.6 is 0 Å². The Kier molecular flexibility index (Phi) is 5.41. The lowest BCUT2D eigenvalue weighted by molar-refractivity contribution is -0.149. The van der Waals surface area contributed by atoms with Gasteiger partial charge in [0.05, 0.1) is 5.41 Å². The molecule has 5 heteroatoms. The fourth-order valence-corrected chi connectivity index (χ4v) is 3.43. The number of nitrogens with two attached hydrogens (primary N) is 1. The molecular formula is C15H29N3O2. The van der Waals surface area contributed by atoms with Crippen LogP contribution < -0.4 is 5.73 Å². The molecule has 2 saturated heterocycles. The normalized spacial score (nSPS) is 28.1. The average Bonchev–Trinajstić information content (AvgIpc) is 2.68. The van der Waals surface area contributed by atoms with Gasteiger partial charge >= 0.3 is 0 Å². The highest BCUT2D eigenvalue weighted by Crippen LogP contribution is 2.33. The molecule has 0 saturated carbocycles. The molecule has 0 spiro atoms. The van der Waals surface area contributed by atoms with E-state index in [-0.39, 0.29) is 11.3 Å². The van der Waals surface area contributed by atoms with Crippen LogP contribution in [-0.4, -0.2) is 68.2 Å². The summed E-state index contributed by atoms with van der Waals surface area (Å²) >= 11 is 0. The lowest BCUT2D eigenvalue weighted by Crippen LogP contribution is -2.54. The second-order valence-corrected chi connectivity index (χ2v) is 6.27. The first-order chi connectivity index (χ1) is 9.63. The van der Waals surface area contributed by atoms with Gasteiger partial charge in [-0.2, -0.15) is 0 Å². The summed E-state index contributed by atoms with van der Waals surface area (Å²) < 4.78 is 5.42. The molecule has 0 aromatic rings. The van der Waals surface area contributed by atoms with Crippen molar-refractivity contribution in [3.05, 3.63) is 0 Å². The van der Waals surface area contributed by atoms with E-state index in [1.165, 1.54) is 0 Å². The molecule has 1 amide bonds.